The van der Waals surface area contributed by atoms with Crippen LogP contribution in [-0.4, -0.2) is 35.6 Å². The molecule has 66 valence electrons. The maximum Gasteiger partial charge on any atom is 0.0431 e. The molecule has 0 aromatic carbocycles. The molecule has 4 radical (unpaired) electrons. The number of rotatable bonds is 7. The predicted octanol–water partition coefficient (Wildman–Crippen LogP) is 2.35. The molecule has 0 bridgehead atoms. The van der Waals surface area contributed by atoms with Gasteiger partial charge >= 0.3 is 0 Å². The Hall–Kier alpha value is 0.759. The van der Waals surface area contributed by atoms with Crippen molar-refractivity contribution in [1.82, 2.24) is 0 Å². The minimum Gasteiger partial charge on any atom is -0.396 e. The molecule has 0 aliphatic carbocycles. The fourth-order valence-corrected chi connectivity index (χ4v) is 1.07. The van der Waals surface area contributed by atoms with Crippen LogP contribution < -0.4 is 0 Å². The van der Waals surface area contributed by atoms with Gasteiger partial charge < -0.3 is 5.11 Å². The number of hydrogen-bond acceptors (Lipinski definition) is 1. The first kappa shape index (κ1) is 14.3. The average molecular weight is 263 g/mol. The van der Waals surface area contributed by atoms with Crippen LogP contribution in [-0.2, 0) is 0 Å². The Kier molecular flexibility index (Phi) is 17.4. The van der Waals surface area contributed by atoms with Crippen LogP contribution in [0.1, 0.15) is 51.9 Å². The van der Waals surface area contributed by atoms with Crippen LogP contribution >= 0.6 is 0 Å². The zero-order valence-corrected chi connectivity index (χ0v) is 10.5. The van der Waals surface area contributed by atoms with E-state index in [9.17, 15) is 0 Å². The minimum atomic E-state index is 0. The molecule has 2 heteroatoms. The number of hydrogen-bond donors (Lipinski definition) is 1. The van der Waals surface area contributed by atoms with Crippen molar-refractivity contribution in [1.29, 1.82) is 0 Å². The van der Waals surface area contributed by atoms with Crippen molar-refractivity contribution in [2.45, 2.75) is 51.9 Å². The van der Waals surface area contributed by atoms with Gasteiger partial charge in [-0.2, -0.15) is 0 Å². The molecule has 0 unspecified atom stereocenters. The van der Waals surface area contributed by atoms with E-state index in [1.165, 1.54) is 38.5 Å². The van der Waals surface area contributed by atoms with Gasteiger partial charge in [0.05, 0.1) is 0 Å². The Morgan fingerprint density at radius 1 is 0.818 bits per heavy atom. The van der Waals surface area contributed by atoms with Crippen molar-refractivity contribution in [3.05, 3.63) is 0 Å². The third kappa shape index (κ3) is 13.7. The summed E-state index contributed by atoms with van der Waals surface area (Å²) in [6, 6.07) is 0. The van der Waals surface area contributed by atoms with Crippen molar-refractivity contribution in [2.24, 2.45) is 0 Å². The van der Waals surface area contributed by atoms with Gasteiger partial charge in [-0.15, -0.1) is 0 Å². The van der Waals surface area contributed by atoms with Crippen LogP contribution in [0.2, 0.25) is 0 Å². The smallest absolute Gasteiger partial charge is 0.0431 e. The zero-order chi connectivity index (χ0) is 7.66. The molecule has 1 N–H and O–H groups in total. The summed E-state index contributed by atoms with van der Waals surface area (Å²) < 4.78 is 0. The van der Waals surface area contributed by atoms with Crippen molar-refractivity contribution >= 4 is 23.9 Å². The molecule has 0 rings (SSSR count). The first-order valence-corrected chi connectivity index (χ1v) is 4.52. The number of unbranched alkanes of at least 4 members (excludes halogenated alkanes) is 6. The molecule has 0 saturated carbocycles. The fraction of sp³-hybridized carbons (Fsp3) is 1.00. The van der Waals surface area contributed by atoms with Crippen LogP contribution in [0.4, 0.5) is 0 Å². The summed E-state index contributed by atoms with van der Waals surface area (Å²) in [5.74, 6) is 0. The standard InChI is InChI=1S/C9H20O.Sn/c1-2-3-4-5-6-7-8-9-10;/h10H,2-9H2,1H3;. The van der Waals surface area contributed by atoms with Crippen molar-refractivity contribution < 1.29 is 5.11 Å². The van der Waals surface area contributed by atoms with E-state index in [0.29, 0.717) is 6.61 Å². The van der Waals surface area contributed by atoms with Gasteiger partial charge in [0.1, 0.15) is 0 Å². The van der Waals surface area contributed by atoms with E-state index in [2.05, 4.69) is 6.92 Å². The summed E-state index contributed by atoms with van der Waals surface area (Å²) in [6.45, 7) is 2.60. The Labute approximate surface area is 87.5 Å². The average Bonchev–Trinajstić information content (AvgIpc) is 1.97. The van der Waals surface area contributed by atoms with E-state index >= 15 is 0 Å². The van der Waals surface area contributed by atoms with Gasteiger partial charge in [0, 0.05) is 30.5 Å². The second-order valence-corrected chi connectivity index (χ2v) is 2.84. The van der Waals surface area contributed by atoms with E-state index in [0.717, 1.165) is 6.42 Å². The van der Waals surface area contributed by atoms with E-state index in [4.69, 9.17) is 5.11 Å². The normalized spacial score (nSPS) is 9.27. The van der Waals surface area contributed by atoms with Gasteiger partial charge in [-0.05, 0) is 6.42 Å². The molecular weight excluding hydrogens is 243 g/mol. The summed E-state index contributed by atoms with van der Waals surface area (Å²) >= 11 is 0. The van der Waals surface area contributed by atoms with Crippen molar-refractivity contribution in [2.75, 3.05) is 6.61 Å². The monoisotopic (exact) mass is 264 g/mol. The summed E-state index contributed by atoms with van der Waals surface area (Å²) in [7, 11) is 0. The molecule has 0 amide bonds. The van der Waals surface area contributed by atoms with Gasteiger partial charge in [-0.3, -0.25) is 0 Å². The molecule has 0 heterocycles. The third-order valence-corrected chi connectivity index (χ3v) is 1.76. The summed E-state index contributed by atoms with van der Waals surface area (Å²) in [5.41, 5.74) is 0. The van der Waals surface area contributed by atoms with E-state index in [-0.39, 0.29) is 23.9 Å². The predicted molar refractivity (Wildman–Crippen MR) is 50.8 cm³/mol. The fourth-order valence-electron chi connectivity index (χ4n) is 1.07. The zero-order valence-electron chi connectivity index (χ0n) is 7.60. The maximum absolute atomic E-state index is 8.47. The molecule has 0 saturated heterocycles. The quantitative estimate of drug-likeness (QED) is 0.552. The second-order valence-electron chi connectivity index (χ2n) is 2.84. The Bertz CT molecular complexity index is 49.5. The summed E-state index contributed by atoms with van der Waals surface area (Å²) in [4.78, 5) is 0. The van der Waals surface area contributed by atoms with E-state index in [1.54, 1.807) is 0 Å². The molecular formula is C9H20OSn. The maximum atomic E-state index is 8.47. The SMILES string of the molecule is CCCCCCCCCO.[Sn]. The van der Waals surface area contributed by atoms with Gasteiger partial charge in [0.25, 0.3) is 0 Å². The molecule has 0 fully saturated rings. The molecule has 11 heavy (non-hydrogen) atoms. The number of aliphatic hydroxyl groups excluding tert-OH is 1. The largest absolute Gasteiger partial charge is 0.396 e. The van der Waals surface area contributed by atoms with Crippen LogP contribution in [0, 0.1) is 0 Å². The van der Waals surface area contributed by atoms with Crippen molar-refractivity contribution in [3.8, 4) is 0 Å². The first-order valence-electron chi connectivity index (χ1n) is 4.52. The number of aliphatic hydroxyl groups is 1. The molecule has 0 aliphatic heterocycles. The van der Waals surface area contributed by atoms with Crippen LogP contribution in [0.5, 0.6) is 0 Å². The van der Waals surface area contributed by atoms with Crippen molar-refractivity contribution in [3.63, 3.8) is 0 Å². The molecule has 0 atom stereocenters. The van der Waals surface area contributed by atoms with Gasteiger partial charge in [-0.25, -0.2) is 0 Å². The molecule has 0 aromatic rings. The molecule has 0 aromatic heterocycles. The summed E-state index contributed by atoms with van der Waals surface area (Å²) in [5, 5.41) is 8.47. The van der Waals surface area contributed by atoms with E-state index < -0.39 is 0 Å². The van der Waals surface area contributed by atoms with Crippen LogP contribution in [0.3, 0.4) is 0 Å². The van der Waals surface area contributed by atoms with Gasteiger partial charge in [-0.1, -0.05) is 45.4 Å². The first-order chi connectivity index (χ1) is 4.91. The molecule has 0 spiro atoms. The molecule has 0 aliphatic rings. The van der Waals surface area contributed by atoms with Gasteiger partial charge in [0.2, 0.25) is 0 Å². The Balaban J connectivity index is 0. The molecule has 1 nitrogen and oxygen atoms in total. The van der Waals surface area contributed by atoms with Gasteiger partial charge in [0.15, 0.2) is 0 Å². The van der Waals surface area contributed by atoms with E-state index in [1.807, 2.05) is 0 Å². The topological polar surface area (TPSA) is 20.2 Å². The van der Waals surface area contributed by atoms with Crippen LogP contribution in [0.25, 0.3) is 0 Å². The summed E-state index contributed by atoms with van der Waals surface area (Å²) in [6.07, 6.45) is 8.93. The second kappa shape index (κ2) is 13.4. The Morgan fingerprint density at radius 2 is 1.27 bits per heavy atom. The Morgan fingerprint density at radius 3 is 1.73 bits per heavy atom. The van der Waals surface area contributed by atoms with Crippen LogP contribution in [0.15, 0.2) is 0 Å². The third-order valence-electron chi connectivity index (χ3n) is 1.76. The minimum absolute atomic E-state index is 0.